The summed E-state index contributed by atoms with van der Waals surface area (Å²) in [7, 11) is 1.96. The predicted octanol–water partition coefficient (Wildman–Crippen LogP) is 4.68. The maximum absolute atomic E-state index is 9.61. The largest absolute Gasteiger partial charge is 0.396 e. The molecule has 3 N–H and O–H groups in total. The van der Waals surface area contributed by atoms with Crippen LogP contribution < -0.4 is 5.32 Å². The van der Waals surface area contributed by atoms with Crippen molar-refractivity contribution in [3.63, 3.8) is 0 Å². The van der Waals surface area contributed by atoms with Crippen LogP contribution in [0, 0.1) is 12.8 Å². The molecular weight excluding hydrogens is 422 g/mol. The standard InChI is InChI=1S/C26H33N5O.C2H2/c1-31(17-26-28-24-13-21-15-27-16-22(21)14-25(24)29-26)30-23(11-12-32)20-9-7-19(8-10-20)18-5-3-2-4-6-18;1-2/h7-10,13-14,18,27,32H,2-6,11-12,15-17H2,1H3,(H,28,29);1-2H/b30-23+;. The van der Waals surface area contributed by atoms with Crippen LogP contribution in [-0.4, -0.2) is 39.4 Å². The lowest BCUT2D eigenvalue weighted by molar-refractivity contribution is 0.302. The molecule has 6 heteroatoms. The fourth-order valence-corrected chi connectivity index (χ4v) is 5.13. The molecule has 0 radical (unpaired) electrons. The molecular formula is C28H35N5O. The molecule has 0 unspecified atom stereocenters. The number of terminal acetylenes is 1. The van der Waals surface area contributed by atoms with Gasteiger partial charge in [0.05, 0.1) is 23.3 Å². The van der Waals surface area contributed by atoms with Gasteiger partial charge in [-0.25, -0.2) is 4.98 Å². The summed E-state index contributed by atoms with van der Waals surface area (Å²) in [5.74, 6) is 1.60. The van der Waals surface area contributed by atoms with E-state index in [1.54, 1.807) is 0 Å². The molecule has 2 aliphatic rings. The van der Waals surface area contributed by atoms with Crippen molar-refractivity contribution >= 4 is 16.7 Å². The van der Waals surface area contributed by atoms with Gasteiger partial charge >= 0.3 is 0 Å². The Hall–Kier alpha value is -3.14. The second-order valence-corrected chi connectivity index (χ2v) is 9.22. The maximum Gasteiger partial charge on any atom is 0.128 e. The summed E-state index contributed by atoms with van der Waals surface area (Å²) in [6, 6.07) is 13.2. The van der Waals surface area contributed by atoms with Crippen LogP contribution in [0.15, 0.2) is 41.5 Å². The highest BCUT2D eigenvalue weighted by molar-refractivity contribution is 6.00. The number of benzene rings is 2. The average molecular weight is 458 g/mol. The summed E-state index contributed by atoms with van der Waals surface area (Å²) in [5.41, 5.74) is 8.20. The molecule has 6 nitrogen and oxygen atoms in total. The van der Waals surface area contributed by atoms with Crippen LogP contribution in [0.5, 0.6) is 0 Å². The van der Waals surface area contributed by atoms with Gasteiger partial charge in [0.2, 0.25) is 0 Å². The number of H-pyrrole nitrogens is 1. The van der Waals surface area contributed by atoms with Gasteiger partial charge in [0.1, 0.15) is 5.82 Å². The van der Waals surface area contributed by atoms with Crippen LogP contribution >= 0.6 is 0 Å². The van der Waals surface area contributed by atoms with Gasteiger partial charge < -0.3 is 15.4 Å². The van der Waals surface area contributed by atoms with Crippen molar-refractivity contribution in [3.8, 4) is 12.8 Å². The third-order valence-corrected chi connectivity index (χ3v) is 6.82. The van der Waals surface area contributed by atoms with Crippen molar-refractivity contribution in [2.75, 3.05) is 13.7 Å². The van der Waals surface area contributed by atoms with E-state index in [1.807, 2.05) is 12.1 Å². The zero-order chi connectivity index (χ0) is 23.9. The lowest BCUT2D eigenvalue weighted by Crippen LogP contribution is -2.16. The van der Waals surface area contributed by atoms with Gasteiger partial charge in [0.15, 0.2) is 0 Å². The number of hydrazone groups is 1. The topological polar surface area (TPSA) is 76.5 Å². The Balaban J connectivity index is 0.00000133. The number of aromatic nitrogens is 2. The molecule has 178 valence electrons. The molecule has 1 aliphatic carbocycles. The quantitative estimate of drug-likeness (QED) is 0.273. The van der Waals surface area contributed by atoms with Gasteiger partial charge in [-0.3, -0.25) is 5.01 Å². The number of fused-ring (bicyclic) bond motifs is 2. The number of imidazole rings is 1. The van der Waals surface area contributed by atoms with E-state index in [9.17, 15) is 5.11 Å². The lowest BCUT2D eigenvalue weighted by Gasteiger charge is -2.22. The van der Waals surface area contributed by atoms with Crippen molar-refractivity contribution in [1.82, 2.24) is 20.3 Å². The van der Waals surface area contributed by atoms with E-state index < -0.39 is 0 Å². The van der Waals surface area contributed by atoms with Gasteiger partial charge in [0, 0.05) is 33.2 Å². The number of aromatic amines is 1. The van der Waals surface area contributed by atoms with E-state index in [2.05, 4.69) is 59.5 Å². The normalized spacial score (nSPS) is 16.2. The molecule has 3 aromatic rings. The molecule has 34 heavy (non-hydrogen) atoms. The average Bonchev–Trinajstić information content (AvgIpc) is 3.49. The molecule has 2 aromatic carbocycles. The third-order valence-electron chi connectivity index (χ3n) is 6.82. The Kier molecular flexibility index (Phi) is 7.99. The van der Waals surface area contributed by atoms with E-state index in [0.717, 1.165) is 41.2 Å². The summed E-state index contributed by atoms with van der Waals surface area (Å²) in [6.07, 6.45) is 15.2. The molecule has 2 heterocycles. The van der Waals surface area contributed by atoms with E-state index >= 15 is 0 Å². The van der Waals surface area contributed by atoms with Crippen LogP contribution in [0.25, 0.3) is 11.0 Å². The summed E-state index contributed by atoms with van der Waals surface area (Å²) < 4.78 is 0. The highest BCUT2D eigenvalue weighted by Crippen LogP contribution is 2.32. The molecule has 0 atom stereocenters. The molecule has 1 fully saturated rings. The number of aliphatic hydroxyl groups excluding tert-OH is 1. The van der Waals surface area contributed by atoms with Crippen LogP contribution in [-0.2, 0) is 19.6 Å². The molecule has 1 aromatic heterocycles. The summed E-state index contributed by atoms with van der Waals surface area (Å²) in [6.45, 7) is 2.52. The number of hydrogen-bond acceptors (Lipinski definition) is 5. The minimum absolute atomic E-state index is 0.0846. The van der Waals surface area contributed by atoms with Crippen molar-refractivity contribution in [3.05, 3.63) is 64.5 Å². The Morgan fingerprint density at radius 3 is 2.50 bits per heavy atom. The van der Waals surface area contributed by atoms with Crippen LogP contribution in [0.3, 0.4) is 0 Å². The molecule has 1 aliphatic heterocycles. The van der Waals surface area contributed by atoms with Crippen molar-refractivity contribution in [1.29, 1.82) is 0 Å². The smallest absolute Gasteiger partial charge is 0.128 e. The second-order valence-electron chi connectivity index (χ2n) is 9.22. The lowest BCUT2D eigenvalue weighted by atomic mass is 9.84. The summed E-state index contributed by atoms with van der Waals surface area (Å²) in [4.78, 5) is 8.22. The van der Waals surface area contributed by atoms with Gasteiger partial charge in [-0.1, -0.05) is 43.5 Å². The SMILES string of the molecule is C#C.CN(Cc1nc2cc3c(cc2[nH]1)CNC3)/N=C(\CCO)c1ccc(C2CCCCC2)cc1. The van der Waals surface area contributed by atoms with Gasteiger partial charge in [0.25, 0.3) is 0 Å². The summed E-state index contributed by atoms with van der Waals surface area (Å²) >= 11 is 0. The molecule has 0 amide bonds. The Bertz CT molecular complexity index is 1100. The first kappa shape index (κ1) is 24.0. The molecule has 0 bridgehead atoms. The fourth-order valence-electron chi connectivity index (χ4n) is 5.13. The van der Waals surface area contributed by atoms with Crippen molar-refractivity contribution in [2.45, 2.75) is 64.1 Å². The third kappa shape index (κ3) is 5.49. The van der Waals surface area contributed by atoms with E-state index in [1.165, 1.54) is 48.8 Å². The Labute approximate surface area is 202 Å². The van der Waals surface area contributed by atoms with Crippen LogP contribution in [0.2, 0.25) is 0 Å². The Morgan fingerprint density at radius 1 is 1.09 bits per heavy atom. The van der Waals surface area contributed by atoms with Gasteiger partial charge in [-0.05, 0) is 53.1 Å². The summed E-state index contributed by atoms with van der Waals surface area (Å²) in [5, 5.41) is 19.7. The highest BCUT2D eigenvalue weighted by atomic mass is 16.3. The fraction of sp³-hybridized carbons (Fsp3) is 0.429. The predicted molar refractivity (Wildman–Crippen MR) is 139 cm³/mol. The number of nitrogens with one attached hydrogen (secondary N) is 2. The highest BCUT2D eigenvalue weighted by Gasteiger charge is 2.16. The van der Waals surface area contributed by atoms with E-state index in [4.69, 9.17) is 10.1 Å². The van der Waals surface area contributed by atoms with Crippen molar-refractivity contribution < 1.29 is 5.11 Å². The maximum atomic E-state index is 9.61. The van der Waals surface area contributed by atoms with Crippen LogP contribution in [0.1, 0.15) is 72.5 Å². The molecule has 5 rings (SSSR count). The number of hydrogen-bond donors (Lipinski definition) is 3. The van der Waals surface area contributed by atoms with Gasteiger partial charge in [-0.2, -0.15) is 5.10 Å². The molecule has 0 spiro atoms. The van der Waals surface area contributed by atoms with Crippen LogP contribution in [0.4, 0.5) is 0 Å². The number of rotatable bonds is 7. The first-order valence-electron chi connectivity index (χ1n) is 12.2. The first-order valence-corrected chi connectivity index (χ1v) is 12.2. The zero-order valence-electron chi connectivity index (χ0n) is 20.1. The zero-order valence-corrected chi connectivity index (χ0v) is 20.1. The first-order chi connectivity index (χ1) is 16.7. The van der Waals surface area contributed by atoms with E-state index in [0.29, 0.717) is 18.9 Å². The van der Waals surface area contributed by atoms with Crippen molar-refractivity contribution in [2.24, 2.45) is 5.10 Å². The molecule has 1 saturated carbocycles. The monoisotopic (exact) mass is 457 g/mol. The number of nitrogens with zero attached hydrogens (tertiary/aromatic N) is 3. The van der Waals surface area contributed by atoms with E-state index in [-0.39, 0.29) is 6.61 Å². The second kappa shape index (κ2) is 11.3. The minimum Gasteiger partial charge on any atom is -0.396 e. The minimum atomic E-state index is 0.0846. The van der Waals surface area contributed by atoms with Gasteiger partial charge in [-0.15, -0.1) is 12.8 Å². The number of aliphatic hydroxyl groups is 1. The Morgan fingerprint density at radius 2 is 1.79 bits per heavy atom. The molecule has 0 saturated heterocycles.